The predicted octanol–water partition coefficient (Wildman–Crippen LogP) is 0.214. The highest BCUT2D eigenvalue weighted by molar-refractivity contribution is 4.91. The zero-order valence-electron chi connectivity index (χ0n) is 7.95. The van der Waals surface area contributed by atoms with E-state index in [4.69, 9.17) is 10.2 Å². The quantitative estimate of drug-likeness (QED) is 0.641. The Bertz CT molecular complexity index is 145. The highest BCUT2D eigenvalue weighted by Gasteiger charge is 2.36. The largest absolute Gasteiger partial charge is 0.394 e. The second-order valence-corrected chi connectivity index (χ2v) is 4.00. The number of hydrogen-bond donors (Lipinski definition) is 2. The predicted molar refractivity (Wildman–Crippen MR) is 48.0 cm³/mol. The van der Waals surface area contributed by atoms with Gasteiger partial charge in [0, 0.05) is 6.04 Å². The smallest absolute Gasteiger partial charge is 0.0646 e. The van der Waals surface area contributed by atoms with Crippen LogP contribution in [-0.2, 0) is 0 Å². The third-order valence-electron chi connectivity index (χ3n) is 2.93. The average Bonchev–Trinajstić information content (AvgIpc) is 2.51. The summed E-state index contributed by atoms with van der Waals surface area (Å²) in [5, 5.41) is 18.3. The molecule has 0 aliphatic carbocycles. The fourth-order valence-electron chi connectivity index (χ4n) is 1.97. The minimum Gasteiger partial charge on any atom is -0.394 e. The molecule has 1 rings (SSSR count). The van der Waals surface area contributed by atoms with Gasteiger partial charge in [0.15, 0.2) is 0 Å². The summed E-state index contributed by atoms with van der Waals surface area (Å²) in [4.78, 5) is 2.20. The molecule has 1 heterocycles. The van der Waals surface area contributed by atoms with Crippen molar-refractivity contribution in [1.29, 1.82) is 0 Å². The molecule has 3 heteroatoms. The fourth-order valence-corrected chi connectivity index (χ4v) is 1.97. The van der Waals surface area contributed by atoms with Crippen molar-refractivity contribution >= 4 is 0 Å². The molecule has 12 heavy (non-hydrogen) atoms. The molecule has 0 spiro atoms. The number of aliphatic hydroxyl groups is 2. The summed E-state index contributed by atoms with van der Waals surface area (Å²) in [6.45, 7) is 5.13. The lowest BCUT2D eigenvalue weighted by molar-refractivity contribution is -0.00468. The van der Waals surface area contributed by atoms with Gasteiger partial charge in [0.1, 0.15) is 0 Å². The molecule has 1 fully saturated rings. The topological polar surface area (TPSA) is 43.7 Å². The number of rotatable bonds is 3. The highest BCUT2D eigenvalue weighted by Crippen LogP contribution is 2.25. The Morgan fingerprint density at radius 2 is 2.00 bits per heavy atom. The Hall–Kier alpha value is -0.120. The van der Waals surface area contributed by atoms with Gasteiger partial charge in [-0.05, 0) is 33.2 Å². The van der Waals surface area contributed by atoms with E-state index < -0.39 is 5.54 Å². The standard InChI is InChI=1S/C9H19NO2/c1-8-4-3-5-10(8)9(2,6-11)7-12/h8,11-12H,3-7H2,1-2H3. The molecule has 1 aliphatic rings. The molecule has 1 aliphatic heterocycles. The van der Waals surface area contributed by atoms with Crippen LogP contribution in [-0.4, -0.2) is 46.5 Å². The van der Waals surface area contributed by atoms with Crippen LogP contribution in [0, 0.1) is 0 Å². The second-order valence-electron chi connectivity index (χ2n) is 4.00. The maximum absolute atomic E-state index is 9.16. The van der Waals surface area contributed by atoms with Gasteiger partial charge in [-0.3, -0.25) is 4.90 Å². The van der Waals surface area contributed by atoms with Gasteiger partial charge in [-0.15, -0.1) is 0 Å². The Morgan fingerprint density at radius 1 is 1.42 bits per heavy atom. The summed E-state index contributed by atoms with van der Waals surface area (Å²) in [5.74, 6) is 0. The van der Waals surface area contributed by atoms with Gasteiger partial charge in [0.25, 0.3) is 0 Å². The summed E-state index contributed by atoms with van der Waals surface area (Å²) in [7, 11) is 0. The zero-order valence-corrected chi connectivity index (χ0v) is 7.95. The lowest BCUT2D eigenvalue weighted by atomic mass is 10.0. The van der Waals surface area contributed by atoms with Crippen molar-refractivity contribution in [3.8, 4) is 0 Å². The van der Waals surface area contributed by atoms with Gasteiger partial charge in [0.05, 0.1) is 18.8 Å². The van der Waals surface area contributed by atoms with Crippen LogP contribution in [0.5, 0.6) is 0 Å². The highest BCUT2D eigenvalue weighted by atomic mass is 16.3. The van der Waals surface area contributed by atoms with Crippen LogP contribution in [0.4, 0.5) is 0 Å². The normalized spacial score (nSPS) is 26.5. The van der Waals surface area contributed by atoms with Crippen molar-refractivity contribution in [1.82, 2.24) is 4.90 Å². The number of hydrogen-bond acceptors (Lipinski definition) is 3. The van der Waals surface area contributed by atoms with E-state index in [1.165, 1.54) is 12.8 Å². The lowest BCUT2D eigenvalue weighted by Crippen LogP contribution is -2.53. The maximum atomic E-state index is 9.16. The van der Waals surface area contributed by atoms with Crippen LogP contribution in [0.25, 0.3) is 0 Å². The molecule has 0 radical (unpaired) electrons. The molecular weight excluding hydrogens is 154 g/mol. The molecular formula is C9H19NO2. The van der Waals surface area contributed by atoms with Gasteiger partial charge in [-0.25, -0.2) is 0 Å². The summed E-state index contributed by atoms with van der Waals surface area (Å²) in [6.07, 6.45) is 2.35. The van der Waals surface area contributed by atoms with Gasteiger partial charge < -0.3 is 10.2 Å². The SMILES string of the molecule is CC1CCCN1C(C)(CO)CO. The zero-order chi connectivity index (χ0) is 9.19. The van der Waals surface area contributed by atoms with Gasteiger partial charge >= 0.3 is 0 Å². The molecule has 0 aromatic heterocycles. The van der Waals surface area contributed by atoms with Crippen LogP contribution in [0.1, 0.15) is 26.7 Å². The van der Waals surface area contributed by atoms with Crippen molar-refractivity contribution in [2.45, 2.75) is 38.3 Å². The number of likely N-dealkylation sites (tertiary alicyclic amines) is 1. The lowest BCUT2D eigenvalue weighted by Gasteiger charge is -2.38. The Balaban J connectivity index is 2.64. The van der Waals surface area contributed by atoms with Crippen LogP contribution in [0.2, 0.25) is 0 Å². The van der Waals surface area contributed by atoms with E-state index in [-0.39, 0.29) is 13.2 Å². The molecule has 1 saturated heterocycles. The molecule has 0 saturated carbocycles. The van der Waals surface area contributed by atoms with Gasteiger partial charge in [0.2, 0.25) is 0 Å². The molecule has 3 nitrogen and oxygen atoms in total. The first-order valence-electron chi connectivity index (χ1n) is 4.62. The molecule has 0 bridgehead atoms. The van der Waals surface area contributed by atoms with Crippen molar-refractivity contribution in [2.24, 2.45) is 0 Å². The minimum absolute atomic E-state index is 0.0356. The third-order valence-corrected chi connectivity index (χ3v) is 2.93. The maximum Gasteiger partial charge on any atom is 0.0646 e. The van der Waals surface area contributed by atoms with E-state index in [2.05, 4.69) is 11.8 Å². The summed E-state index contributed by atoms with van der Waals surface area (Å²) >= 11 is 0. The summed E-state index contributed by atoms with van der Waals surface area (Å²) < 4.78 is 0. The van der Waals surface area contributed by atoms with Gasteiger partial charge in [-0.2, -0.15) is 0 Å². The number of aliphatic hydroxyl groups excluding tert-OH is 2. The molecule has 72 valence electrons. The molecule has 0 amide bonds. The minimum atomic E-state index is -0.421. The molecule has 2 N–H and O–H groups in total. The monoisotopic (exact) mass is 173 g/mol. The van der Waals surface area contributed by atoms with E-state index in [9.17, 15) is 0 Å². The van der Waals surface area contributed by atoms with E-state index in [1.807, 2.05) is 6.92 Å². The molecule has 1 atom stereocenters. The van der Waals surface area contributed by atoms with Crippen LogP contribution < -0.4 is 0 Å². The van der Waals surface area contributed by atoms with E-state index in [1.54, 1.807) is 0 Å². The molecule has 0 aromatic carbocycles. The van der Waals surface area contributed by atoms with Crippen LogP contribution >= 0.6 is 0 Å². The molecule has 0 aromatic rings. The van der Waals surface area contributed by atoms with E-state index in [0.29, 0.717) is 6.04 Å². The second kappa shape index (κ2) is 3.73. The van der Waals surface area contributed by atoms with Crippen molar-refractivity contribution in [2.75, 3.05) is 19.8 Å². The van der Waals surface area contributed by atoms with E-state index >= 15 is 0 Å². The first kappa shape index (κ1) is 9.96. The van der Waals surface area contributed by atoms with Crippen molar-refractivity contribution in [3.05, 3.63) is 0 Å². The third kappa shape index (κ3) is 1.63. The van der Waals surface area contributed by atoms with Crippen molar-refractivity contribution < 1.29 is 10.2 Å². The fraction of sp³-hybridized carbons (Fsp3) is 1.00. The number of nitrogens with zero attached hydrogens (tertiary/aromatic N) is 1. The van der Waals surface area contributed by atoms with Crippen molar-refractivity contribution in [3.63, 3.8) is 0 Å². The summed E-state index contributed by atoms with van der Waals surface area (Å²) in [6, 6.07) is 0.495. The Labute approximate surface area is 74.0 Å². The average molecular weight is 173 g/mol. The Kier molecular flexibility index (Phi) is 3.09. The first-order valence-corrected chi connectivity index (χ1v) is 4.62. The first-order chi connectivity index (χ1) is 5.64. The molecule has 1 unspecified atom stereocenters. The van der Waals surface area contributed by atoms with Crippen LogP contribution in [0.3, 0.4) is 0 Å². The Morgan fingerprint density at radius 3 is 2.33 bits per heavy atom. The van der Waals surface area contributed by atoms with Gasteiger partial charge in [-0.1, -0.05) is 0 Å². The van der Waals surface area contributed by atoms with E-state index in [0.717, 1.165) is 6.54 Å². The van der Waals surface area contributed by atoms with Crippen LogP contribution in [0.15, 0.2) is 0 Å². The summed E-state index contributed by atoms with van der Waals surface area (Å²) in [5.41, 5.74) is -0.421.